The average molecular weight is 235 g/mol. The van der Waals surface area contributed by atoms with Crippen LogP contribution in [0, 0.1) is 0 Å². The minimum Gasteiger partial charge on any atom is -0.479 e. The van der Waals surface area contributed by atoms with Crippen LogP contribution < -0.4 is 5.73 Å². The number of carboxylic acids is 1. The quantitative estimate of drug-likeness (QED) is 0.461. The summed E-state index contributed by atoms with van der Waals surface area (Å²) < 4.78 is 4.78. The summed E-state index contributed by atoms with van der Waals surface area (Å²) in [6.07, 6.45) is 0.718. The molecule has 0 fully saturated rings. The van der Waals surface area contributed by atoms with Crippen molar-refractivity contribution in [2.24, 2.45) is 5.73 Å². The molecule has 4 N–H and O–H groups in total. The summed E-state index contributed by atoms with van der Waals surface area (Å²) in [6.45, 7) is 5.35. The van der Waals surface area contributed by atoms with Gasteiger partial charge in [0.05, 0.1) is 6.61 Å². The number of aliphatic hydroxyl groups is 1. The van der Waals surface area contributed by atoms with Gasteiger partial charge in [0, 0.05) is 0 Å². The van der Waals surface area contributed by atoms with E-state index in [9.17, 15) is 9.59 Å². The van der Waals surface area contributed by atoms with E-state index in [1.165, 1.54) is 6.92 Å². The molecule has 0 aromatic carbocycles. The molecule has 2 unspecified atom stereocenters. The Labute approximate surface area is 95.4 Å². The van der Waals surface area contributed by atoms with Gasteiger partial charge in [-0.1, -0.05) is 13.3 Å². The Balaban J connectivity index is 0. The fourth-order valence-electron chi connectivity index (χ4n) is 0.449. The van der Waals surface area contributed by atoms with Gasteiger partial charge < -0.3 is 20.7 Å². The van der Waals surface area contributed by atoms with E-state index in [-0.39, 0.29) is 5.97 Å². The van der Waals surface area contributed by atoms with Crippen molar-refractivity contribution < 1.29 is 24.5 Å². The van der Waals surface area contributed by atoms with E-state index in [4.69, 9.17) is 20.7 Å². The number of hydrogen-bond donors (Lipinski definition) is 3. The number of esters is 1. The summed E-state index contributed by atoms with van der Waals surface area (Å²) in [5.74, 6) is -1.50. The van der Waals surface area contributed by atoms with Gasteiger partial charge >= 0.3 is 11.9 Å². The Hall–Kier alpha value is -1.14. The first kappa shape index (κ1) is 17.3. The van der Waals surface area contributed by atoms with Crippen LogP contribution in [0.4, 0.5) is 0 Å². The molecule has 0 radical (unpaired) electrons. The number of carboxylic acid groups (broad SMARTS) is 1. The number of carbonyl (C=O) groups is 2. The first-order chi connectivity index (χ1) is 7.32. The van der Waals surface area contributed by atoms with E-state index in [2.05, 4.69) is 0 Å². The monoisotopic (exact) mass is 235 g/mol. The predicted molar refractivity (Wildman–Crippen MR) is 58.8 cm³/mol. The van der Waals surface area contributed by atoms with Crippen LogP contribution in [0.5, 0.6) is 0 Å². The molecule has 0 saturated heterocycles. The largest absolute Gasteiger partial charge is 0.479 e. The normalized spacial score (nSPS) is 13.1. The van der Waals surface area contributed by atoms with Crippen LogP contribution in [-0.4, -0.2) is 40.9 Å². The molecule has 2 atom stereocenters. The molecule has 0 rings (SSSR count). The zero-order chi connectivity index (χ0) is 13.1. The highest BCUT2D eigenvalue weighted by Crippen LogP contribution is 1.90. The Morgan fingerprint density at radius 2 is 1.81 bits per heavy atom. The number of aliphatic hydroxyl groups excluding tert-OH is 1. The molecule has 0 aliphatic heterocycles. The minimum absolute atomic E-state index is 0.312. The van der Waals surface area contributed by atoms with Gasteiger partial charge in [0.25, 0.3) is 0 Å². The highest BCUT2D eigenvalue weighted by Gasteiger charge is 2.06. The van der Waals surface area contributed by atoms with E-state index in [1.807, 2.05) is 6.92 Å². The molecule has 0 aliphatic carbocycles. The Morgan fingerprint density at radius 1 is 1.38 bits per heavy atom. The van der Waals surface area contributed by atoms with E-state index in [0.717, 1.165) is 12.8 Å². The van der Waals surface area contributed by atoms with E-state index in [0.29, 0.717) is 6.61 Å². The minimum atomic E-state index is -1.23. The van der Waals surface area contributed by atoms with Gasteiger partial charge in [0.2, 0.25) is 0 Å². The summed E-state index contributed by atoms with van der Waals surface area (Å²) in [5.41, 5.74) is 5.24. The maximum absolute atomic E-state index is 10.7. The maximum atomic E-state index is 10.7. The van der Waals surface area contributed by atoms with Crippen LogP contribution in [0.3, 0.4) is 0 Å². The molecule has 16 heavy (non-hydrogen) atoms. The fraction of sp³-hybridized carbons (Fsp3) is 0.800. The van der Waals surface area contributed by atoms with Crippen molar-refractivity contribution in [3.8, 4) is 0 Å². The van der Waals surface area contributed by atoms with Gasteiger partial charge in [-0.05, 0) is 20.3 Å². The standard InChI is InChI=1S/C7H15NO2.C3H6O3/c1-3-4-5-10-7(9)6(2)8;1-2(4)3(5)6/h6H,3-5,8H2,1-2H3;2,4H,1H3,(H,5,6). The number of hydrogen-bond acceptors (Lipinski definition) is 5. The maximum Gasteiger partial charge on any atom is 0.332 e. The molecule has 0 aliphatic rings. The summed E-state index contributed by atoms with van der Waals surface area (Å²) in [5, 5.41) is 15.8. The molecular weight excluding hydrogens is 214 g/mol. The lowest BCUT2D eigenvalue weighted by Gasteiger charge is -2.04. The van der Waals surface area contributed by atoms with Crippen molar-refractivity contribution in [3.05, 3.63) is 0 Å². The smallest absolute Gasteiger partial charge is 0.332 e. The molecule has 0 saturated carbocycles. The third kappa shape index (κ3) is 12.9. The highest BCUT2D eigenvalue weighted by atomic mass is 16.5. The summed E-state index contributed by atoms with van der Waals surface area (Å²) in [7, 11) is 0. The number of unbranched alkanes of at least 4 members (excludes halogenated alkanes) is 1. The molecule has 0 spiro atoms. The Bertz CT molecular complexity index is 203. The zero-order valence-corrected chi connectivity index (χ0v) is 9.97. The SMILES string of the molecule is CC(O)C(=O)O.CCCCOC(=O)C(C)N. The molecule has 0 bridgehead atoms. The number of rotatable bonds is 5. The topological polar surface area (TPSA) is 110 Å². The molecule has 0 aromatic heterocycles. The Kier molecular flexibility index (Phi) is 11.2. The predicted octanol–water partition coefficient (Wildman–Crippen LogP) is 0.129. The van der Waals surface area contributed by atoms with Crippen molar-refractivity contribution in [2.75, 3.05) is 6.61 Å². The van der Waals surface area contributed by atoms with Crippen molar-refractivity contribution in [3.63, 3.8) is 0 Å². The second-order valence-corrected chi connectivity index (χ2v) is 3.32. The van der Waals surface area contributed by atoms with Crippen LogP contribution in [0.2, 0.25) is 0 Å². The molecule has 0 amide bonds. The zero-order valence-electron chi connectivity index (χ0n) is 9.97. The highest BCUT2D eigenvalue weighted by molar-refractivity contribution is 5.74. The summed E-state index contributed by atoms with van der Waals surface area (Å²) >= 11 is 0. The number of carbonyl (C=O) groups excluding carboxylic acids is 1. The van der Waals surface area contributed by atoms with Gasteiger partial charge in [-0.3, -0.25) is 4.79 Å². The first-order valence-electron chi connectivity index (χ1n) is 5.16. The molecule has 0 aromatic rings. The van der Waals surface area contributed by atoms with Crippen LogP contribution in [0.1, 0.15) is 33.6 Å². The van der Waals surface area contributed by atoms with Gasteiger partial charge in [0.1, 0.15) is 12.1 Å². The van der Waals surface area contributed by atoms with Gasteiger partial charge in [-0.15, -0.1) is 0 Å². The lowest BCUT2D eigenvalue weighted by molar-refractivity contribution is -0.146. The summed E-state index contributed by atoms with van der Waals surface area (Å²) in [4.78, 5) is 20.1. The lowest BCUT2D eigenvalue weighted by atomic mass is 10.3. The third-order valence-corrected chi connectivity index (χ3v) is 1.47. The van der Waals surface area contributed by atoms with E-state index < -0.39 is 18.1 Å². The fourth-order valence-corrected chi connectivity index (χ4v) is 0.449. The molecule has 6 heteroatoms. The lowest BCUT2D eigenvalue weighted by Crippen LogP contribution is -2.28. The van der Waals surface area contributed by atoms with Crippen LogP contribution in [-0.2, 0) is 14.3 Å². The second kappa shape index (κ2) is 10.4. The second-order valence-electron chi connectivity index (χ2n) is 3.32. The summed E-state index contributed by atoms with van der Waals surface area (Å²) in [6, 6.07) is -0.489. The van der Waals surface area contributed by atoms with Crippen LogP contribution in [0.15, 0.2) is 0 Å². The number of aliphatic carboxylic acids is 1. The molecule has 6 nitrogen and oxygen atoms in total. The van der Waals surface area contributed by atoms with Crippen LogP contribution >= 0.6 is 0 Å². The van der Waals surface area contributed by atoms with Crippen molar-refractivity contribution in [1.82, 2.24) is 0 Å². The van der Waals surface area contributed by atoms with Gasteiger partial charge in [-0.2, -0.15) is 0 Å². The van der Waals surface area contributed by atoms with Crippen LogP contribution in [0.25, 0.3) is 0 Å². The van der Waals surface area contributed by atoms with Crippen molar-refractivity contribution >= 4 is 11.9 Å². The molecule has 96 valence electrons. The first-order valence-corrected chi connectivity index (χ1v) is 5.16. The van der Waals surface area contributed by atoms with Gasteiger partial charge in [0.15, 0.2) is 0 Å². The Morgan fingerprint density at radius 3 is 2.06 bits per heavy atom. The van der Waals surface area contributed by atoms with E-state index >= 15 is 0 Å². The van der Waals surface area contributed by atoms with Gasteiger partial charge in [-0.25, -0.2) is 4.79 Å². The van der Waals surface area contributed by atoms with E-state index in [1.54, 1.807) is 6.92 Å². The third-order valence-electron chi connectivity index (χ3n) is 1.47. The molecule has 0 heterocycles. The molecular formula is C10H21NO5. The number of ether oxygens (including phenoxy) is 1. The average Bonchev–Trinajstić information content (AvgIpc) is 2.18. The van der Waals surface area contributed by atoms with Crippen molar-refractivity contribution in [1.29, 1.82) is 0 Å². The van der Waals surface area contributed by atoms with Crippen molar-refractivity contribution in [2.45, 2.75) is 45.8 Å². The number of nitrogens with two attached hydrogens (primary N) is 1.